The largest absolute Gasteiger partial charge is 0.378 e. The van der Waals surface area contributed by atoms with Gasteiger partial charge in [-0.15, -0.1) is 0 Å². The number of halogens is 1. The Morgan fingerprint density at radius 1 is 1.03 bits per heavy atom. The van der Waals surface area contributed by atoms with E-state index in [1.54, 1.807) is 6.07 Å². The molecule has 3 aromatic rings. The maximum Gasteiger partial charge on any atom is 0.261 e. The first-order chi connectivity index (χ1) is 15.3. The lowest BCUT2D eigenvalue weighted by Crippen LogP contribution is -2.29. The van der Waals surface area contributed by atoms with Gasteiger partial charge in [0.15, 0.2) is 0 Å². The summed E-state index contributed by atoms with van der Waals surface area (Å²) in [5.41, 5.74) is 5.89. The highest BCUT2D eigenvalue weighted by atomic mass is 79.9. The standard InChI is InChI=1S/C26H25BrN2O2S/c1-16-9-11-24(17(2)13-16)29-32(30,31)20-10-12-25-23(15-20)21-7-4-8-22(21)26(28-25)18-5-3-6-19(27)14-18/h3-7,9-15,21-22,26,28-29H,8H2,1-2H3/t21-,22+,26+/m0/s1. The van der Waals surface area contributed by atoms with Crippen LogP contribution in [0.4, 0.5) is 11.4 Å². The SMILES string of the molecule is Cc1ccc(NS(=O)(=O)c2ccc3c(c2)[C@H]2C=CC[C@H]2[C@@H](c2cccc(Br)c2)N3)c(C)c1. The molecule has 0 unspecified atom stereocenters. The number of hydrogen-bond acceptors (Lipinski definition) is 3. The predicted molar refractivity (Wildman–Crippen MR) is 134 cm³/mol. The summed E-state index contributed by atoms with van der Waals surface area (Å²) < 4.78 is 30.2. The Balaban J connectivity index is 1.49. The summed E-state index contributed by atoms with van der Waals surface area (Å²) in [6.45, 7) is 3.91. The number of aryl methyl sites for hydroxylation is 2. The molecular formula is C26H25BrN2O2S. The molecule has 0 fully saturated rings. The van der Waals surface area contributed by atoms with Crippen molar-refractivity contribution in [3.05, 3.63) is 99.5 Å². The Hall–Kier alpha value is -2.57. The average Bonchev–Trinajstić information content (AvgIpc) is 3.25. The number of hydrogen-bond donors (Lipinski definition) is 2. The maximum atomic E-state index is 13.2. The van der Waals surface area contributed by atoms with E-state index in [1.807, 2.05) is 50.2 Å². The van der Waals surface area contributed by atoms with Crippen molar-refractivity contribution in [3.63, 3.8) is 0 Å². The molecule has 32 heavy (non-hydrogen) atoms. The minimum absolute atomic E-state index is 0.177. The molecule has 0 saturated heterocycles. The molecule has 0 aromatic heterocycles. The first kappa shape index (κ1) is 21.3. The van der Waals surface area contributed by atoms with Crippen molar-refractivity contribution in [2.45, 2.75) is 37.1 Å². The van der Waals surface area contributed by atoms with E-state index in [-0.39, 0.29) is 16.9 Å². The molecule has 3 aromatic carbocycles. The lowest BCUT2D eigenvalue weighted by atomic mass is 9.77. The fourth-order valence-electron chi connectivity index (χ4n) is 4.90. The van der Waals surface area contributed by atoms with Crippen LogP contribution in [0.15, 0.2) is 82.2 Å². The second-order valence-corrected chi connectivity index (χ2v) is 11.3. The Labute approximate surface area is 197 Å². The number of nitrogens with one attached hydrogen (secondary N) is 2. The Morgan fingerprint density at radius 3 is 2.66 bits per heavy atom. The summed E-state index contributed by atoms with van der Waals surface area (Å²) in [6, 6.07) is 19.7. The van der Waals surface area contributed by atoms with E-state index in [0.717, 1.165) is 33.3 Å². The summed E-state index contributed by atoms with van der Waals surface area (Å²) >= 11 is 3.58. The molecule has 3 atom stereocenters. The van der Waals surface area contributed by atoms with Crippen LogP contribution in [0, 0.1) is 19.8 Å². The molecule has 1 aliphatic carbocycles. The second-order valence-electron chi connectivity index (χ2n) is 8.70. The maximum absolute atomic E-state index is 13.2. The number of benzene rings is 3. The lowest BCUT2D eigenvalue weighted by Gasteiger charge is -2.37. The zero-order valence-electron chi connectivity index (χ0n) is 18.0. The van der Waals surface area contributed by atoms with Gasteiger partial charge in [-0.05, 0) is 79.3 Å². The van der Waals surface area contributed by atoms with Gasteiger partial charge < -0.3 is 5.32 Å². The quantitative estimate of drug-likeness (QED) is 0.385. The van der Waals surface area contributed by atoms with E-state index in [2.05, 4.69) is 56.3 Å². The highest BCUT2D eigenvalue weighted by molar-refractivity contribution is 9.10. The first-order valence-corrected chi connectivity index (χ1v) is 13.0. The van der Waals surface area contributed by atoms with Gasteiger partial charge in [-0.25, -0.2) is 8.42 Å². The Bertz CT molecular complexity index is 1330. The monoisotopic (exact) mass is 508 g/mol. The van der Waals surface area contributed by atoms with Gasteiger partial charge in [-0.2, -0.15) is 0 Å². The Kier molecular flexibility index (Phi) is 5.38. The van der Waals surface area contributed by atoms with Gasteiger partial charge in [-0.1, -0.05) is 57.9 Å². The van der Waals surface area contributed by atoms with E-state index in [1.165, 1.54) is 5.56 Å². The fourth-order valence-corrected chi connectivity index (χ4v) is 6.48. The van der Waals surface area contributed by atoms with Gasteiger partial charge >= 0.3 is 0 Å². The third-order valence-electron chi connectivity index (χ3n) is 6.48. The summed E-state index contributed by atoms with van der Waals surface area (Å²) in [4.78, 5) is 0.290. The smallest absolute Gasteiger partial charge is 0.261 e. The second kappa shape index (κ2) is 8.09. The van der Waals surface area contributed by atoms with Gasteiger partial charge in [0.1, 0.15) is 0 Å². The van der Waals surface area contributed by atoms with Crippen LogP contribution in [0.5, 0.6) is 0 Å². The van der Waals surface area contributed by atoms with Crippen molar-refractivity contribution in [3.8, 4) is 0 Å². The normalized spacial score (nSPS) is 21.5. The summed E-state index contributed by atoms with van der Waals surface area (Å²) in [5.74, 6) is 0.536. The van der Waals surface area contributed by atoms with E-state index in [9.17, 15) is 8.42 Å². The third kappa shape index (κ3) is 3.86. The summed E-state index contributed by atoms with van der Waals surface area (Å²) in [5, 5.41) is 3.68. The molecule has 1 aliphatic heterocycles. The number of allylic oxidation sites excluding steroid dienone is 2. The molecule has 5 rings (SSSR count). The van der Waals surface area contributed by atoms with E-state index >= 15 is 0 Å². The van der Waals surface area contributed by atoms with Crippen molar-refractivity contribution in [2.24, 2.45) is 5.92 Å². The van der Waals surface area contributed by atoms with Crippen LogP contribution >= 0.6 is 15.9 Å². The molecule has 1 heterocycles. The van der Waals surface area contributed by atoms with Crippen LogP contribution in [0.25, 0.3) is 0 Å². The molecule has 0 radical (unpaired) electrons. The lowest BCUT2D eigenvalue weighted by molar-refractivity contribution is 0.425. The molecule has 4 nitrogen and oxygen atoms in total. The average molecular weight is 509 g/mol. The third-order valence-corrected chi connectivity index (χ3v) is 8.33. The van der Waals surface area contributed by atoms with Gasteiger partial charge in [0.05, 0.1) is 16.6 Å². The summed E-state index contributed by atoms with van der Waals surface area (Å²) in [7, 11) is -3.69. The molecule has 2 N–H and O–H groups in total. The van der Waals surface area contributed by atoms with Crippen LogP contribution in [0.3, 0.4) is 0 Å². The highest BCUT2D eigenvalue weighted by Crippen LogP contribution is 2.50. The number of fused-ring (bicyclic) bond motifs is 3. The van der Waals surface area contributed by atoms with Crippen molar-refractivity contribution in [1.82, 2.24) is 0 Å². The van der Waals surface area contributed by atoms with Crippen LogP contribution in [-0.4, -0.2) is 8.42 Å². The number of rotatable bonds is 4. The Morgan fingerprint density at radius 2 is 1.88 bits per heavy atom. The molecule has 6 heteroatoms. The van der Waals surface area contributed by atoms with E-state index < -0.39 is 10.0 Å². The van der Waals surface area contributed by atoms with E-state index in [0.29, 0.717) is 11.6 Å². The minimum atomic E-state index is -3.69. The van der Waals surface area contributed by atoms with Crippen LogP contribution in [0.2, 0.25) is 0 Å². The van der Waals surface area contributed by atoms with Gasteiger partial charge in [0, 0.05) is 16.1 Å². The molecule has 0 spiro atoms. The van der Waals surface area contributed by atoms with Crippen molar-refractivity contribution >= 4 is 37.3 Å². The van der Waals surface area contributed by atoms with Gasteiger partial charge in [0.25, 0.3) is 10.0 Å². The summed E-state index contributed by atoms with van der Waals surface area (Å²) in [6.07, 6.45) is 5.40. The van der Waals surface area contributed by atoms with Crippen LogP contribution in [0.1, 0.15) is 40.6 Å². The number of sulfonamides is 1. The molecular weight excluding hydrogens is 484 g/mol. The molecule has 2 aliphatic rings. The number of anilines is 2. The zero-order chi connectivity index (χ0) is 22.5. The van der Waals surface area contributed by atoms with Crippen molar-refractivity contribution in [2.75, 3.05) is 10.0 Å². The minimum Gasteiger partial charge on any atom is -0.378 e. The van der Waals surface area contributed by atoms with E-state index in [4.69, 9.17) is 0 Å². The van der Waals surface area contributed by atoms with Crippen molar-refractivity contribution < 1.29 is 8.42 Å². The fraction of sp³-hybridized carbons (Fsp3) is 0.231. The molecule has 164 valence electrons. The molecule has 0 amide bonds. The van der Waals surface area contributed by atoms with Crippen LogP contribution in [-0.2, 0) is 10.0 Å². The van der Waals surface area contributed by atoms with Crippen LogP contribution < -0.4 is 10.0 Å². The molecule has 0 saturated carbocycles. The topological polar surface area (TPSA) is 58.2 Å². The van der Waals surface area contributed by atoms with Crippen molar-refractivity contribution in [1.29, 1.82) is 0 Å². The highest BCUT2D eigenvalue weighted by Gasteiger charge is 2.38. The van der Waals surface area contributed by atoms with Gasteiger partial charge in [-0.3, -0.25) is 4.72 Å². The zero-order valence-corrected chi connectivity index (χ0v) is 20.4. The van der Waals surface area contributed by atoms with Gasteiger partial charge in [0.2, 0.25) is 0 Å². The first-order valence-electron chi connectivity index (χ1n) is 10.7. The predicted octanol–water partition coefficient (Wildman–Crippen LogP) is 6.69. The molecule has 0 bridgehead atoms.